The fraction of sp³-hybridized carbons (Fsp3) is 0.182. The van der Waals surface area contributed by atoms with Gasteiger partial charge in [-0.1, -0.05) is 17.8 Å². The molecule has 1 aromatic carbocycles. The van der Waals surface area contributed by atoms with Crippen molar-refractivity contribution in [2.75, 3.05) is 19.1 Å². The summed E-state index contributed by atoms with van der Waals surface area (Å²) in [4.78, 5) is 22.6. The predicted octanol–water partition coefficient (Wildman–Crippen LogP) is 1.76. The summed E-state index contributed by atoms with van der Waals surface area (Å²) < 4.78 is 5.12. The SMILES string of the molecule is COc1c(-c2nc(N)nc(SC)n2)cccc1[N+](=O)[O-]. The Kier molecular flexibility index (Phi) is 3.99. The minimum absolute atomic E-state index is 0.0490. The van der Waals surface area contributed by atoms with Crippen LogP contribution in [0.15, 0.2) is 23.4 Å². The second kappa shape index (κ2) is 5.70. The predicted molar refractivity (Wildman–Crippen MR) is 74.7 cm³/mol. The van der Waals surface area contributed by atoms with Crippen LogP contribution in [-0.2, 0) is 0 Å². The molecular formula is C11H11N5O3S. The number of para-hydroxylation sites is 1. The molecule has 0 bridgehead atoms. The van der Waals surface area contributed by atoms with Gasteiger partial charge in [0.1, 0.15) is 0 Å². The van der Waals surface area contributed by atoms with E-state index in [0.717, 1.165) is 0 Å². The van der Waals surface area contributed by atoms with Crippen LogP contribution in [0.1, 0.15) is 0 Å². The Labute approximate surface area is 118 Å². The molecular weight excluding hydrogens is 282 g/mol. The van der Waals surface area contributed by atoms with Crippen molar-refractivity contribution in [3.8, 4) is 17.1 Å². The van der Waals surface area contributed by atoms with Crippen molar-refractivity contribution in [1.29, 1.82) is 0 Å². The highest BCUT2D eigenvalue weighted by Crippen LogP contribution is 2.36. The molecule has 0 radical (unpaired) electrons. The first-order valence-electron chi connectivity index (χ1n) is 5.44. The van der Waals surface area contributed by atoms with Crippen LogP contribution in [0, 0.1) is 10.1 Å². The van der Waals surface area contributed by atoms with Gasteiger partial charge < -0.3 is 10.5 Å². The van der Waals surface area contributed by atoms with E-state index in [1.165, 1.54) is 31.0 Å². The van der Waals surface area contributed by atoms with Crippen molar-refractivity contribution in [3.63, 3.8) is 0 Å². The monoisotopic (exact) mass is 293 g/mol. The molecule has 1 aromatic heterocycles. The summed E-state index contributed by atoms with van der Waals surface area (Å²) in [6.45, 7) is 0. The van der Waals surface area contributed by atoms with Crippen LogP contribution in [-0.4, -0.2) is 33.2 Å². The largest absolute Gasteiger partial charge is 0.490 e. The van der Waals surface area contributed by atoms with Crippen LogP contribution < -0.4 is 10.5 Å². The third-order valence-corrected chi connectivity index (χ3v) is 3.00. The van der Waals surface area contributed by atoms with E-state index in [2.05, 4.69) is 15.0 Å². The van der Waals surface area contributed by atoms with E-state index in [4.69, 9.17) is 10.5 Å². The summed E-state index contributed by atoms with van der Waals surface area (Å²) in [6, 6.07) is 4.52. The highest BCUT2D eigenvalue weighted by atomic mass is 32.2. The molecule has 0 saturated carbocycles. The Morgan fingerprint density at radius 3 is 2.70 bits per heavy atom. The molecule has 20 heavy (non-hydrogen) atoms. The summed E-state index contributed by atoms with van der Waals surface area (Å²) >= 11 is 1.30. The number of rotatable bonds is 4. The lowest BCUT2D eigenvalue weighted by molar-refractivity contribution is -0.385. The first-order valence-corrected chi connectivity index (χ1v) is 6.66. The van der Waals surface area contributed by atoms with Gasteiger partial charge in [-0.2, -0.15) is 9.97 Å². The van der Waals surface area contributed by atoms with E-state index >= 15 is 0 Å². The number of benzene rings is 1. The maximum absolute atomic E-state index is 11.0. The number of hydrogen-bond donors (Lipinski definition) is 1. The molecule has 0 atom stereocenters. The van der Waals surface area contributed by atoms with E-state index in [-0.39, 0.29) is 23.2 Å². The third kappa shape index (κ3) is 2.62. The van der Waals surface area contributed by atoms with Gasteiger partial charge in [0.25, 0.3) is 0 Å². The number of nitrogen functional groups attached to an aromatic ring is 1. The minimum Gasteiger partial charge on any atom is -0.490 e. The summed E-state index contributed by atoms with van der Waals surface area (Å²) in [5.74, 6) is 0.380. The van der Waals surface area contributed by atoms with Crippen molar-refractivity contribution in [2.45, 2.75) is 5.16 Å². The second-order valence-electron chi connectivity index (χ2n) is 3.62. The number of anilines is 1. The lowest BCUT2D eigenvalue weighted by Gasteiger charge is -2.08. The normalized spacial score (nSPS) is 10.3. The molecule has 2 aromatic rings. The lowest BCUT2D eigenvalue weighted by Crippen LogP contribution is -2.03. The number of nitro benzene ring substituents is 1. The highest BCUT2D eigenvalue weighted by Gasteiger charge is 2.21. The summed E-state index contributed by atoms with van der Waals surface area (Å²) in [5, 5.41) is 11.4. The van der Waals surface area contributed by atoms with Crippen molar-refractivity contribution in [2.24, 2.45) is 0 Å². The summed E-state index contributed by atoms with van der Waals surface area (Å²) in [5.41, 5.74) is 5.85. The molecule has 0 amide bonds. The molecule has 0 unspecified atom stereocenters. The Hall–Kier alpha value is -2.42. The van der Waals surface area contributed by atoms with Gasteiger partial charge in [0.2, 0.25) is 11.7 Å². The van der Waals surface area contributed by atoms with Crippen LogP contribution in [0.2, 0.25) is 0 Å². The minimum atomic E-state index is -0.525. The number of nitrogens with zero attached hydrogens (tertiary/aromatic N) is 4. The van der Waals surface area contributed by atoms with Crippen LogP contribution in [0.5, 0.6) is 5.75 Å². The van der Waals surface area contributed by atoms with Gasteiger partial charge >= 0.3 is 5.69 Å². The standard InChI is InChI=1S/C11H11N5O3S/c1-19-8-6(4-3-5-7(8)16(17)18)9-13-10(12)15-11(14-9)20-2/h3-5H,1-2H3,(H2,12,13,14,15). The Balaban J connectivity index is 2.66. The van der Waals surface area contributed by atoms with Crippen LogP contribution in [0.25, 0.3) is 11.4 Å². The number of hydrogen-bond acceptors (Lipinski definition) is 8. The molecule has 0 fully saturated rings. The van der Waals surface area contributed by atoms with Gasteiger partial charge in [0.05, 0.1) is 17.6 Å². The molecule has 0 spiro atoms. The Morgan fingerprint density at radius 2 is 2.10 bits per heavy atom. The van der Waals surface area contributed by atoms with Crippen molar-refractivity contribution >= 4 is 23.4 Å². The first-order chi connectivity index (χ1) is 9.56. The topological polar surface area (TPSA) is 117 Å². The van der Waals surface area contributed by atoms with Crippen molar-refractivity contribution in [3.05, 3.63) is 28.3 Å². The molecule has 8 nitrogen and oxygen atoms in total. The zero-order valence-electron chi connectivity index (χ0n) is 10.7. The van der Waals surface area contributed by atoms with Crippen molar-refractivity contribution in [1.82, 2.24) is 15.0 Å². The number of thioether (sulfide) groups is 1. The molecule has 9 heteroatoms. The average Bonchev–Trinajstić information content (AvgIpc) is 2.45. The lowest BCUT2D eigenvalue weighted by atomic mass is 10.1. The van der Waals surface area contributed by atoms with Gasteiger partial charge in [-0.25, -0.2) is 4.98 Å². The van der Waals surface area contributed by atoms with E-state index in [1.54, 1.807) is 12.3 Å². The average molecular weight is 293 g/mol. The quantitative estimate of drug-likeness (QED) is 0.514. The van der Waals surface area contributed by atoms with Crippen LogP contribution in [0.3, 0.4) is 0 Å². The first kappa shape index (κ1) is 14.0. The Bertz CT molecular complexity index is 665. The third-order valence-electron chi connectivity index (χ3n) is 2.45. The van der Waals surface area contributed by atoms with Gasteiger partial charge in [-0.15, -0.1) is 0 Å². The zero-order valence-corrected chi connectivity index (χ0v) is 11.5. The second-order valence-corrected chi connectivity index (χ2v) is 4.39. The Morgan fingerprint density at radius 1 is 1.35 bits per heavy atom. The van der Waals surface area contributed by atoms with E-state index in [1.807, 2.05) is 0 Å². The van der Waals surface area contributed by atoms with Crippen molar-refractivity contribution < 1.29 is 9.66 Å². The van der Waals surface area contributed by atoms with Gasteiger partial charge in [-0.3, -0.25) is 10.1 Å². The van der Waals surface area contributed by atoms with E-state index < -0.39 is 4.92 Å². The van der Waals surface area contributed by atoms with E-state index in [9.17, 15) is 10.1 Å². The summed E-state index contributed by atoms with van der Waals surface area (Å²) in [7, 11) is 1.35. The number of nitrogens with two attached hydrogens (primary N) is 1. The van der Waals surface area contributed by atoms with Gasteiger partial charge in [-0.05, 0) is 12.3 Å². The fourth-order valence-electron chi connectivity index (χ4n) is 1.64. The molecule has 0 aliphatic carbocycles. The summed E-state index contributed by atoms with van der Waals surface area (Å²) in [6.07, 6.45) is 1.79. The molecule has 1 heterocycles. The molecule has 0 saturated heterocycles. The molecule has 0 aliphatic heterocycles. The van der Waals surface area contributed by atoms with Crippen LogP contribution >= 0.6 is 11.8 Å². The number of methoxy groups -OCH3 is 1. The molecule has 2 N–H and O–H groups in total. The number of ether oxygens (including phenoxy) is 1. The van der Waals surface area contributed by atoms with Gasteiger partial charge in [0, 0.05) is 6.07 Å². The van der Waals surface area contributed by atoms with Gasteiger partial charge in [0.15, 0.2) is 11.0 Å². The maximum Gasteiger partial charge on any atom is 0.311 e. The molecule has 104 valence electrons. The molecule has 2 rings (SSSR count). The van der Waals surface area contributed by atoms with Crippen LogP contribution in [0.4, 0.5) is 11.6 Å². The van der Waals surface area contributed by atoms with E-state index in [0.29, 0.717) is 10.7 Å². The molecule has 0 aliphatic rings. The number of aromatic nitrogens is 3. The smallest absolute Gasteiger partial charge is 0.311 e. The fourth-order valence-corrected chi connectivity index (χ4v) is 2.01. The maximum atomic E-state index is 11.0. The number of nitro groups is 1. The zero-order chi connectivity index (χ0) is 14.7. The highest BCUT2D eigenvalue weighted by molar-refractivity contribution is 7.98.